The van der Waals surface area contributed by atoms with Crippen molar-refractivity contribution in [3.05, 3.63) is 59.8 Å². The second-order valence-corrected chi connectivity index (χ2v) is 8.52. The number of carbonyl (C=O) groups is 1. The number of hydrogen-bond donors (Lipinski definition) is 1. The zero-order valence-corrected chi connectivity index (χ0v) is 19.5. The molecule has 1 aromatic carbocycles. The molecule has 3 aromatic rings. The molecule has 5 rings (SSSR count). The van der Waals surface area contributed by atoms with Crippen molar-refractivity contribution in [1.29, 1.82) is 0 Å². The van der Waals surface area contributed by atoms with Gasteiger partial charge in [0.15, 0.2) is 23.1 Å². The van der Waals surface area contributed by atoms with Crippen LogP contribution in [-0.2, 0) is 4.79 Å². The van der Waals surface area contributed by atoms with Crippen molar-refractivity contribution >= 4 is 17.5 Å². The number of anilines is 2. The van der Waals surface area contributed by atoms with E-state index in [1.54, 1.807) is 17.9 Å². The second kappa shape index (κ2) is 9.17. The van der Waals surface area contributed by atoms with E-state index >= 15 is 0 Å². The lowest BCUT2D eigenvalue weighted by atomic mass is 9.85. The quantitative estimate of drug-likeness (QED) is 0.538. The highest BCUT2D eigenvalue weighted by Crippen LogP contribution is 2.42. The summed E-state index contributed by atoms with van der Waals surface area (Å²) in [5.41, 5.74) is 2.75. The van der Waals surface area contributed by atoms with E-state index in [-0.39, 0.29) is 11.8 Å². The number of benzene rings is 1. The Morgan fingerprint density at radius 2 is 1.91 bits per heavy atom. The van der Waals surface area contributed by atoms with Crippen LogP contribution in [0.2, 0.25) is 0 Å². The van der Waals surface area contributed by atoms with Crippen molar-refractivity contribution in [3.63, 3.8) is 0 Å². The first-order valence-electron chi connectivity index (χ1n) is 11.5. The van der Waals surface area contributed by atoms with Crippen LogP contribution in [0.4, 0.5) is 11.6 Å². The van der Waals surface area contributed by atoms with Crippen LogP contribution in [0.15, 0.2) is 43.0 Å². The molecule has 1 atom stereocenters. The summed E-state index contributed by atoms with van der Waals surface area (Å²) >= 11 is 0. The van der Waals surface area contributed by atoms with Gasteiger partial charge in [-0.15, -0.1) is 10.2 Å². The van der Waals surface area contributed by atoms with Gasteiger partial charge in [0.1, 0.15) is 12.4 Å². The number of methoxy groups -OCH3 is 1. The van der Waals surface area contributed by atoms with Gasteiger partial charge in [0.25, 0.3) is 0 Å². The Hall–Kier alpha value is -3.88. The van der Waals surface area contributed by atoms with E-state index in [1.807, 2.05) is 37.3 Å². The molecule has 1 N–H and O–H groups in total. The maximum absolute atomic E-state index is 12.7. The summed E-state index contributed by atoms with van der Waals surface area (Å²) in [6.07, 6.45) is 4.35. The van der Waals surface area contributed by atoms with Crippen LogP contribution in [0, 0.1) is 6.92 Å². The Morgan fingerprint density at radius 3 is 2.62 bits per heavy atom. The van der Waals surface area contributed by atoms with Crippen molar-refractivity contribution in [3.8, 4) is 17.3 Å². The van der Waals surface area contributed by atoms with Crippen LogP contribution in [0.25, 0.3) is 5.82 Å². The molecular weight excluding hydrogens is 432 g/mol. The van der Waals surface area contributed by atoms with E-state index in [1.165, 1.54) is 12.8 Å². The minimum absolute atomic E-state index is 0.0775. The molecule has 1 saturated heterocycles. The standard InChI is InChI=1S/C25H28N6O3/c1-4-13-34-19-8-7-17(14-20(19)33-3)18-15-23(32)26-25-24(18)16(2)29-31(25)22-10-9-21(27-28-22)30-11-5-6-12-30/h4,7-10,14,18H,1,5-6,11-13,15H2,2-3H3,(H,26,32)/t18-/m0/s1. The Bertz CT molecular complexity index is 1210. The monoisotopic (exact) mass is 460 g/mol. The molecule has 176 valence electrons. The SMILES string of the molecule is C=CCOc1ccc([C@@H]2CC(=O)Nc3c2c(C)nn3-c2ccc(N3CCCC3)nn2)cc1OC. The summed E-state index contributed by atoms with van der Waals surface area (Å²) < 4.78 is 12.9. The van der Waals surface area contributed by atoms with E-state index in [9.17, 15) is 4.79 Å². The van der Waals surface area contributed by atoms with Crippen LogP contribution < -0.4 is 19.7 Å². The third kappa shape index (κ3) is 3.98. The number of nitrogens with zero attached hydrogens (tertiary/aromatic N) is 5. The first kappa shape index (κ1) is 21.9. The van der Waals surface area contributed by atoms with Gasteiger partial charge in [-0.1, -0.05) is 18.7 Å². The maximum Gasteiger partial charge on any atom is 0.226 e. The number of carbonyl (C=O) groups excluding carboxylic acids is 1. The molecule has 1 fully saturated rings. The molecule has 1 amide bonds. The van der Waals surface area contributed by atoms with Gasteiger partial charge in [0.2, 0.25) is 5.91 Å². The van der Waals surface area contributed by atoms with Gasteiger partial charge in [-0.25, -0.2) is 0 Å². The number of ether oxygens (including phenoxy) is 2. The predicted octanol–water partition coefficient (Wildman–Crippen LogP) is 3.62. The predicted molar refractivity (Wildman–Crippen MR) is 129 cm³/mol. The van der Waals surface area contributed by atoms with E-state index in [2.05, 4.69) is 27.0 Å². The normalized spacial score (nSPS) is 17.3. The van der Waals surface area contributed by atoms with E-state index in [0.717, 1.165) is 35.7 Å². The van der Waals surface area contributed by atoms with Crippen LogP contribution in [0.5, 0.6) is 11.5 Å². The largest absolute Gasteiger partial charge is 0.493 e. The zero-order chi connectivity index (χ0) is 23.7. The fourth-order valence-electron chi connectivity index (χ4n) is 4.71. The molecule has 0 radical (unpaired) electrons. The molecule has 0 unspecified atom stereocenters. The minimum Gasteiger partial charge on any atom is -0.493 e. The Morgan fingerprint density at radius 1 is 1.15 bits per heavy atom. The summed E-state index contributed by atoms with van der Waals surface area (Å²) in [5.74, 6) is 3.06. The molecule has 9 nitrogen and oxygen atoms in total. The number of nitrogens with one attached hydrogen (secondary N) is 1. The highest BCUT2D eigenvalue weighted by atomic mass is 16.5. The summed E-state index contributed by atoms with van der Waals surface area (Å²) in [6.45, 7) is 8.02. The Labute approximate surface area is 198 Å². The molecule has 2 aliphatic rings. The van der Waals surface area contributed by atoms with Gasteiger partial charge < -0.3 is 19.7 Å². The topological polar surface area (TPSA) is 94.4 Å². The molecule has 0 spiro atoms. The maximum atomic E-state index is 12.7. The number of aromatic nitrogens is 4. The van der Waals surface area contributed by atoms with Crippen LogP contribution in [0.3, 0.4) is 0 Å². The highest BCUT2D eigenvalue weighted by molar-refractivity contribution is 5.95. The summed E-state index contributed by atoms with van der Waals surface area (Å²) in [5, 5.41) is 16.6. The first-order chi connectivity index (χ1) is 16.6. The van der Waals surface area contributed by atoms with Gasteiger partial charge in [-0.2, -0.15) is 9.78 Å². The Kier molecular flexibility index (Phi) is 5.91. The third-order valence-electron chi connectivity index (χ3n) is 6.33. The second-order valence-electron chi connectivity index (χ2n) is 8.52. The summed E-state index contributed by atoms with van der Waals surface area (Å²) in [7, 11) is 1.60. The van der Waals surface area contributed by atoms with Gasteiger partial charge in [0, 0.05) is 31.0 Å². The van der Waals surface area contributed by atoms with Crippen molar-refractivity contribution < 1.29 is 14.3 Å². The molecular formula is C25H28N6O3. The lowest BCUT2D eigenvalue weighted by Gasteiger charge is -2.25. The molecule has 9 heteroatoms. The minimum atomic E-state index is -0.170. The molecule has 2 aromatic heterocycles. The van der Waals surface area contributed by atoms with E-state index < -0.39 is 0 Å². The van der Waals surface area contributed by atoms with Gasteiger partial charge in [-0.3, -0.25) is 4.79 Å². The van der Waals surface area contributed by atoms with Gasteiger partial charge in [-0.05, 0) is 49.6 Å². The zero-order valence-electron chi connectivity index (χ0n) is 19.5. The van der Waals surface area contributed by atoms with Crippen molar-refractivity contribution in [2.75, 3.05) is 37.0 Å². The average Bonchev–Trinajstić information content (AvgIpc) is 3.51. The fourth-order valence-corrected chi connectivity index (χ4v) is 4.71. The summed E-state index contributed by atoms with van der Waals surface area (Å²) in [6, 6.07) is 9.62. The number of amides is 1. The van der Waals surface area contributed by atoms with Crippen LogP contribution in [0.1, 0.15) is 42.0 Å². The number of hydrogen-bond acceptors (Lipinski definition) is 7. The molecule has 34 heavy (non-hydrogen) atoms. The number of rotatable bonds is 7. The van der Waals surface area contributed by atoms with E-state index in [4.69, 9.17) is 14.6 Å². The lowest BCUT2D eigenvalue weighted by Crippen LogP contribution is -2.25. The number of aryl methyl sites for hydroxylation is 1. The highest BCUT2D eigenvalue weighted by Gasteiger charge is 2.33. The third-order valence-corrected chi connectivity index (χ3v) is 6.33. The molecule has 2 aliphatic heterocycles. The average molecular weight is 461 g/mol. The van der Waals surface area contributed by atoms with Crippen LogP contribution in [-0.4, -0.2) is 52.7 Å². The van der Waals surface area contributed by atoms with Crippen molar-refractivity contribution in [1.82, 2.24) is 20.0 Å². The molecule has 0 saturated carbocycles. The molecule has 0 bridgehead atoms. The first-order valence-corrected chi connectivity index (χ1v) is 11.5. The van der Waals surface area contributed by atoms with Crippen LogP contribution >= 0.6 is 0 Å². The van der Waals surface area contributed by atoms with Gasteiger partial charge in [0.05, 0.1) is 12.8 Å². The molecule has 4 heterocycles. The smallest absolute Gasteiger partial charge is 0.226 e. The van der Waals surface area contributed by atoms with Crippen molar-refractivity contribution in [2.24, 2.45) is 0 Å². The number of fused-ring (bicyclic) bond motifs is 1. The van der Waals surface area contributed by atoms with Crippen molar-refractivity contribution in [2.45, 2.75) is 32.1 Å². The van der Waals surface area contributed by atoms with Gasteiger partial charge >= 0.3 is 0 Å². The fraction of sp³-hybridized carbons (Fsp3) is 0.360. The lowest BCUT2D eigenvalue weighted by molar-refractivity contribution is -0.116. The molecule has 0 aliphatic carbocycles. The Balaban J connectivity index is 1.50. The summed E-state index contributed by atoms with van der Waals surface area (Å²) in [4.78, 5) is 15.0. The van der Waals surface area contributed by atoms with E-state index in [0.29, 0.717) is 36.2 Å².